The molecule has 2 rings (SSSR count). The standard InChI is InChI=1S/C11H15BrN4/c1-8-11(12)9(2)16(14-8)6-4-10-13-5-7-15(10)3/h5,7H,4,6H2,1-3H3. The highest BCUT2D eigenvalue weighted by Crippen LogP contribution is 2.19. The van der Waals surface area contributed by atoms with Crippen LogP contribution in [0.4, 0.5) is 0 Å². The van der Waals surface area contributed by atoms with Crippen molar-refractivity contribution in [2.24, 2.45) is 7.05 Å². The Morgan fingerprint density at radius 3 is 2.62 bits per heavy atom. The fraction of sp³-hybridized carbons (Fsp3) is 0.455. The molecule has 0 N–H and O–H groups in total. The topological polar surface area (TPSA) is 35.6 Å². The van der Waals surface area contributed by atoms with Gasteiger partial charge < -0.3 is 4.57 Å². The van der Waals surface area contributed by atoms with Crippen LogP contribution in [0.15, 0.2) is 16.9 Å². The molecule has 2 aromatic rings. The molecule has 16 heavy (non-hydrogen) atoms. The first-order valence-electron chi connectivity index (χ1n) is 5.25. The van der Waals surface area contributed by atoms with E-state index in [-0.39, 0.29) is 0 Å². The smallest absolute Gasteiger partial charge is 0.110 e. The second kappa shape index (κ2) is 4.41. The van der Waals surface area contributed by atoms with Gasteiger partial charge in [0.1, 0.15) is 5.82 Å². The van der Waals surface area contributed by atoms with Crippen LogP contribution in [0.5, 0.6) is 0 Å². The lowest BCUT2D eigenvalue weighted by atomic mass is 10.3. The maximum absolute atomic E-state index is 4.47. The minimum Gasteiger partial charge on any atom is -0.338 e. The summed E-state index contributed by atoms with van der Waals surface area (Å²) in [7, 11) is 2.01. The monoisotopic (exact) mass is 282 g/mol. The molecule has 0 bridgehead atoms. The molecule has 2 aromatic heterocycles. The van der Waals surface area contributed by atoms with Crippen molar-refractivity contribution in [1.29, 1.82) is 0 Å². The van der Waals surface area contributed by atoms with Crippen molar-refractivity contribution in [1.82, 2.24) is 19.3 Å². The quantitative estimate of drug-likeness (QED) is 0.866. The first-order valence-corrected chi connectivity index (χ1v) is 6.04. The Morgan fingerprint density at radius 2 is 2.12 bits per heavy atom. The zero-order valence-electron chi connectivity index (χ0n) is 9.74. The molecule has 0 radical (unpaired) electrons. The fourth-order valence-corrected chi connectivity index (χ4v) is 2.02. The highest BCUT2D eigenvalue weighted by atomic mass is 79.9. The molecule has 0 fully saturated rings. The normalized spacial score (nSPS) is 11.0. The van der Waals surface area contributed by atoms with Crippen LogP contribution >= 0.6 is 15.9 Å². The van der Waals surface area contributed by atoms with Gasteiger partial charge in [0.2, 0.25) is 0 Å². The van der Waals surface area contributed by atoms with Gasteiger partial charge in [0.05, 0.1) is 10.2 Å². The maximum atomic E-state index is 4.47. The number of hydrogen-bond acceptors (Lipinski definition) is 2. The Morgan fingerprint density at radius 1 is 1.38 bits per heavy atom. The SMILES string of the molecule is Cc1nn(CCc2nccn2C)c(C)c1Br. The number of hydrogen-bond donors (Lipinski definition) is 0. The van der Waals surface area contributed by atoms with E-state index in [1.807, 2.05) is 35.6 Å². The van der Waals surface area contributed by atoms with E-state index in [0.717, 1.165) is 29.0 Å². The second-order valence-corrected chi connectivity index (χ2v) is 4.71. The van der Waals surface area contributed by atoms with Crippen LogP contribution in [0.25, 0.3) is 0 Å². The Balaban J connectivity index is 2.11. The predicted molar refractivity (Wildman–Crippen MR) is 66.3 cm³/mol. The number of nitrogens with zero attached hydrogens (tertiary/aromatic N) is 4. The van der Waals surface area contributed by atoms with E-state index in [2.05, 4.69) is 32.9 Å². The molecule has 0 aromatic carbocycles. The van der Waals surface area contributed by atoms with Gasteiger partial charge in [-0.2, -0.15) is 5.10 Å². The summed E-state index contributed by atoms with van der Waals surface area (Å²) in [6.07, 6.45) is 4.69. The van der Waals surface area contributed by atoms with Crippen molar-refractivity contribution >= 4 is 15.9 Å². The third kappa shape index (κ3) is 2.04. The molecule has 0 aliphatic heterocycles. The van der Waals surface area contributed by atoms with Crippen molar-refractivity contribution in [2.45, 2.75) is 26.8 Å². The molecule has 0 aliphatic carbocycles. The molecule has 0 spiro atoms. The summed E-state index contributed by atoms with van der Waals surface area (Å²) in [6.45, 7) is 4.94. The van der Waals surface area contributed by atoms with Crippen molar-refractivity contribution in [3.05, 3.63) is 34.1 Å². The summed E-state index contributed by atoms with van der Waals surface area (Å²) in [5, 5.41) is 4.47. The van der Waals surface area contributed by atoms with Gasteiger partial charge in [-0.25, -0.2) is 4.98 Å². The highest BCUT2D eigenvalue weighted by Gasteiger charge is 2.09. The molecule has 0 saturated heterocycles. The van der Waals surface area contributed by atoms with Crippen LogP contribution in [0.2, 0.25) is 0 Å². The molecule has 0 unspecified atom stereocenters. The van der Waals surface area contributed by atoms with Crippen molar-refractivity contribution in [3.8, 4) is 0 Å². The number of rotatable bonds is 3. The summed E-state index contributed by atoms with van der Waals surface area (Å²) in [6, 6.07) is 0. The molecular formula is C11H15BrN4. The lowest BCUT2D eigenvalue weighted by Crippen LogP contribution is -2.08. The Labute approximate surface area is 103 Å². The summed E-state index contributed by atoms with van der Waals surface area (Å²) < 4.78 is 5.17. The average Bonchev–Trinajstić information content (AvgIpc) is 2.76. The van der Waals surface area contributed by atoms with Crippen molar-refractivity contribution in [2.75, 3.05) is 0 Å². The van der Waals surface area contributed by atoms with Crippen LogP contribution in [0.3, 0.4) is 0 Å². The molecule has 0 atom stereocenters. The summed E-state index contributed by atoms with van der Waals surface area (Å²) in [4.78, 5) is 4.30. The van der Waals surface area contributed by atoms with Gasteiger partial charge >= 0.3 is 0 Å². The van der Waals surface area contributed by atoms with Gasteiger partial charge in [0, 0.05) is 38.1 Å². The van der Waals surface area contributed by atoms with E-state index in [9.17, 15) is 0 Å². The van der Waals surface area contributed by atoms with E-state index in [1.165, 1.54) is 5.69 Å². The highest BCUT2D eigenvalue weighted by molar-refractivity contribution is 9.10. The van der Waals surface area contributed by atoms with Crippen LogP contribution in [-0.2, 0) is 20.0 Å². The van der Waals surface area contributed by atoms with E-state index in [0.29, 0.717) is 0 Å². The van der Waals surface area contributed by atoms with E-state index in [4.69, 9.17) is 0 Å². The fourth-order valence-electron chi connectivity index (χ4n) is 1.74. The minimum absolute atomic E-state index is 0.864. The zero-order chi connectivity index (χ0) is 11.7. The molecule has 2 heterocycles. The van der Waals surface area contributed by atoms with Gasteiger partial charge in [0.25, 0.3) is 0 Å². The Kier molecular flexibility index (Phi) is 3.14. The average molecular weight is 283 g/mol. The predicted octanol–water partition coefficient (Wildman–Crippen LogP) is 2.24. The van der Waals surface area contributed by atoms with Crippen LogP contribution < -0.4 is 0 Å². The van der Waals surface area contributed by atoms with Crippen LogP contribution in [-0.4, -0.2) is 19.3 Å². The maximum Gasteiger partial charge on any atom is 0.110 e. The summed E-state index contributed by atoms with van der Waals surface area (Å²) in [5.74, 6) is 1.09. The first-order chi connectivity index (χ1) is 7.59. The van der Waals surface area contributed by atoms with Crippen LogP contribution in [0, 0.1) is 13.8 Å². The van der Waals surface area contributed by atoms with Gasteiger partial charge in [-0.05, 0) is 29.8 Å². The molecule has 0 aliphatic rings. The molecule has 5 heteroatoms. The molecular weight excluding hydrogens is 268 g/mol. The number of halogens is 1. The number of aryl methyl sites for hydroxylation is 4. The molecule has 4 nitrogen and oxygen atoms in total. The Bertz CT molecular complexity index is 498. The summed E-state index contributed by atoms with van der Waals surface area (Å²) in [5.41, 5.74) is 2.21. The largest absolute Gasteiger partial charge is 0.338 e. The van der Waals surface area contributed by atoms with Crippen LogP contribution in [0.1, 0.15) is 17.2 Å². The van der Waals surface area contributed by atoms with E-state index >= 15 is 0 Å². The lowest BCUT2D eigenvalue weighted by molar-refractivity contribution is 0.572. The first kappa shape index (κ1) is 11.4. The number of aromatic nitrogens is 4. The Hall–Kier alpha value is -1.10. The third-order valence-electron chi connectivity index (χ3n) is 2.76. The van der Waals surface area contributed by atoms with E-state index < -0.39 is 0 Å². The van der Waals surface area contributed by atoms with Crippen molar-refractivity contribution < 1.29 is 0 Å². The molecule has 0 amide bonds. The lowest BCUT2D eigenvalue weighted by Gasteiger charge is -2.04. The third-order valence-corrected chi connectivity index (χ3v) is 3.91. The van der Waals surface area contributed by atoms with Gasteiger partial charge in [-0.1, -0.05) is 0 Å². The minimum atomic E-state index is 0.864. The van der Waals surface area contributed by atoms with E-state index in [1.54, 1.807) is 0 Å². The van der Waals surface area contributed by atoms with Gasteiger partial charge in [-0.3, -0.25) is 4.68 Å². The van der Waals surface area contributed by atoms with Gasteiger partial charge in [-0.15, -0.1) is 0 Å². The van der Waals surface area contributed by atoms with Gasteiger partial charge in [0.15, 0.2) is 0 Å². The number of imidazole rings is 1. The molecule has 0 saturated carbocycles. The zero-order valence-corrected chi connectivity index (χ0v) is 11.3. The second-order valence-electron chi connectivity index (χ2n) is 3.91. The van der Waals surface area contributed by atoms with Crippen molar-refractivity contribution in [3.63, 3.8) is 0 Å². The molecule has 86 valence electrons. The summed E-state index contributed by atoms with van der Waals surface area (Å²) >= 11 is 3.53.